The standard InChI is InChI=1S/C27H24ClNO3/c1-31-24-13-9-20(10-14-24)17-29(27(30)19-32-25-15-11-23(28)12-16-25)18-22-7-4-6-21-5-2-3-8-26(21)22/h2-16H,17-19H2,1H3. The summed E-state index contributed by atoms with van der Waals surface area (Å²) >= 11 is 5.94. The van der Waals surface area contributed by atoms with Gasteiger partial charge in [-0.3, -0.25) is 4.79 Å². The highest BCUT2D eigenvalue weighted by Crippen LogP contribution is 2.22. The fraction of sp³-hybridized carbons (Fsp3) is 0.148. The predicted octanol–water partition coefficient (Wildman–Crippen LogP) is 6.11. The highest BCUT2D eigenvalue weighted by molar-refractivity contribution is 6.30. The van der Waals surface area contributed by atoms with E-state index < -0.39 is 0 Å². The summed E-state index contributed by atoms with van der Waals surface area (Å²) in [5.41, 5.74) is 2.11. The van der Waals surface area contributed by atoms with Gasteiger partial charge in [0.1, 0.15) is 11.5 Å². The SMILES string of the molecule is COc1ccc(CN(Cc2cccc3ccccc23)C(=O)COc2ccc(Cl)cc2)cc1. The number of benzene rings is 4. The van der Waals surface area contributed by atoms with Crippen molar-refractivity contribution in [1.82, 2.24) is 4.90 Å². The maximum atomic E-state index is 13.2. The lowest BCUT2D eigenvalue weighted by atomic mass is 10.0. The van der Waals surface area contributed by atoms with Crippen LogP contribution in [0.15, 0.2) is 91.0 Å². The summed E-state index contributed by atoms with van der Waals surface area (Å²) in [5, 5.41) is 2.92. The molecule has 0 N–H and O–H groups in total. The van der Waals surface area contributed by atoms with Gasteiger partial charge in [-0.15, -0.1) is 0 Å². The van der Waals surface area contributed by atoms with Gasteiger partial charge in [-0.25, -0.2) is 0 Å². The van der Waals surface area contributed by atoms with Crippen LogP contribution in [0.2, 0.25) is 5.02 Å². The Kier molecular flexibility index (Phi) is 6.93. The molecule has 0 aliphatic heterocycles. The molecule has 0 saturated heterocycles. The number of ether oxygens (including phenoxy) is 2. The summed E-state index contributed by atoms with van der Waals surface area (Å²) in [6.45, 7) is 0.898. The van der Waals surface area contributed by atoms with E-state index in [9.17, 15) is 4.79 Å². The lowest BCUT2D eigenvalue weighted by Crippen LogP contribution is -2.34. The first-order valence-electron chi connectivity index (χ1n) is 10.4. The van der Waals surface area contributed by atoms with E-state index in [1.54, 1.807) is 31.4 Å². The molecule has 4 nitrogen and oxygen atoms in total. The number of halogens is 1. The molecule has 0 aromatic heterocycles. The zero-order valence-corrected chi connectivity index (χ0v) is 18.6. The molecule has 0 atom stereocenters. The van der Waals surface area contributed by atoms with Gasteiger partial charge in [-0.2, -0.15) is 0 Å². The first-order chi connectivity index (χ1) is 15.6. The maximum absolute atomic E-state index is 13.2. The highest BCUT2D eigenvalue weighted by Gasteiger charge is 2.17. The Balaban J connectivity index is 1.56. The fourth-order valence-corrected chi connectivity index (χ4v) is 3.71. The van der Waals surface area contributed by atoms with E-state index in [1.165, 1.54) is 0 Å². The van der Waals surface area contributed by atoms with E-state index in [0.717, 1.165) is 27.6 Å². The van der Waals surface area contributed by atoms with Crippen LogP contribution >= 0.6 is 11.6 Å². The molecule has 4 rings (SSSR count). The third kappa shape index (κ3) is 5.40. The Hall–Kier alpha value is -3.50. The average molecular weight is 446 g/mol. The number of carbonyl (C=O) groups excluding carboxylic acids is 1. The van der Waals surface area contributed by atoms with Crippen LogP contribution in [0.4, 0.5) is 0 Å². The number of methoxy groups -OCH3 is 1. The van der Waals surface area contributed by atoms with Crippen molar-refractivity contribution in [3.63, 3.8) is 0 Å². The van der Waals surface area contributed by atoms with Crippen molar-refractivity contribution in [1.29, 1.82) is 0 Å². The number of rotatable bonds is 8. The molecular formula is C27H24ClNO3. The number of hydrogen-bond donors (Lipinski definition) is 0. The van der Waals surface area contributed by atoms with Gasteiger partial charge < -0.3 is 14.4 Å². The fourth-order valence-electron chi connectivity index (χ4n) is 3.59. The van der Waals surface area contributed by atoms with Gasteiger partial charge in [0.25, 0.3) is 5.91 Å². The van der Waals surface area contributed by atoms with Crippen molar-refractivity contribution in [2.24, 2.45) is 0 Å². The van der Waals surface area contributed by atoms with E-state index in [4.69, 9.17) is 21.1 Å². The zero-order chi connectivity index (χ0) is 22.3. The van der Waals surface area contributed by atoms with E-state index in [-0.39, 0.29) is 12.5 Å². The number of hydrogen-bond acceptors (Lipinski definition) is 3. The van der Waals surface area contributed by atoms with Crippen LogP contribution in [0.25, 0.3) is 10.8 Å². The van der Waals surface area contributed by atoms with Gasteiger partial charge in [0.05, 0.1) is 7.11 Å². The van der Waals surface area contributed by atoms with Gasteiger partial charge in [-0.1, -0.05) is 66.2 Å². The predicted molar refractivity (Wildman–Crippen MR) is 128 cm³/mol. The molecule has 0 heterocycles. The summed E-state index contributed by atoms with van der Waals surface area (Å²) < 4.78 is 11.0. The van der Waals surface area contributed by atoms with Gasteiger partial charge in [0.15, 0.2) is 6.61 Å². The molecule has 0 radical (unpaired) electrons. The summed E-state index contributed by atoms with van der Waals surface area (Å²) in [6, 6.07) is 29.1. The van der Waals surface area contributed by atoms with Crippen LogP contribution in [-0.4, -0.2) is 24.5 Å². The minimum Gasteiger partial charge on any atom is -0.497 e. The summed E-state index contributed by atoms with van der Waals surface area (Å²) in [7, 11) is 1.64. The van der Waals surface area contributed by atoms with Crippen molar-refractivity contribution in [3.8, 4) is 11.5 Å². The van der Waals surface area contributed by atoms with Crippen molar-refractivity contribution in [2.75, 3.05) is 13.7 Å². The Bertz CT molecular complexity index is 1180. The molecule has 0 unspecified atom stereocenters. The summed E-state index contributed by atoms with van der Waals surface area (Å²) in [6.07, 6.45) is 0. The first kappa shape index (κ1) is 21.7. The largest absolute Gasteiger partial charge is 0.497 e. The van der Waals surface area contributed by atoms with Crippen molar-refractivity contribution in [2.45, 2.75) is 13.1 Å². The van der Waals surface area contributed by atoms with Crippen LogP contribution in [0, 0.1) is 0 Å². The van der Waals surface area contributed by atoms with Crippen molar-refractivity contribution < 1.29 is 14.3 Å². The molecule has 1 amide bonds. The Morgan fingerprint density at radius 3 is 2.25 bits per heavy atom. The smallest absolute Gasteiger partial charge is 0.261 e. The molecule has 32 heavy (non-hydrogen) atoms. The number of nitrogens with zero attached hydrogens (tertiary/aromatic N) is 1. The van der Waals surface area contributed by atoms with Crippen LogP contribution in [0.3, 0.4) is 0 Å². The molecule has 162 valence electrons. The lowest BCUT2D eigenvalue weighted by molar-refractivity contribution is -0.134. The molecule has 0 spiro atoms. The molecule has 4 aromatic carbocycles. The number of carbonyl (C=O) groups is 1. The third-order valence-corrected chi connectivity index (χ3v) is 5.55. The molecule has 0 bridgehead atoms. The monoisotopic (exact) mass is 445 g/mol. The van der Waals surface area contributed by atoms with E-state index in [0.29, 0.717) is 23.9 Å². The molecule has 0 saturated carbocycles. The first-order valence-corrected chi connectivity index (χ1v) is 10.8. The Morgan fingerprint density at radius 2 is 1.50 bits per heavy atom. The maximum Gasteiger partial charge on any atom is 0.261 e. The minimum atomic E-state index is -0.0938. The normalized spacial score (nSPS) is 10.7. The van der Waals surface area contributed by atoms with Gasteiger partial charge in [-0.05, 0) is 58.3 Å². The second-order valence-electron chi connectivity index (χ2n) is 7.48. The molecule has 4 aromatic rings. The molecule has 0 aliphatic carbocycles. The Morgan fingerprint density at radius 1 is 0.812 bits per heavy atom. The quantitative estimate of drug-likeness (QED) is 0.328. The topological polar surface area (TPSA) is 38.8 Å². The molecule has 0 aliphatic rings. The molecular weight excluding hydrogens is 422 g/mol. The van der Waals surface area contributed by atoms with E-state index in [2.05, 4.69) is 24.3 Å². The van der Waals surface area contributed by atoms with E-state index in [1.807, 2.05) is 47.4 Å². The number of amides is 1. The minimum absolute atomic E-state index is 0.0530. The second kappa shape index (κ2) is 10.2. The van der Waals surface area contributed by atoms with Gasteiger partial charge in [0, 0.05) is 18.1 Å². The second-order valence-corrected chi connectivity index (χ2v) is 7.92. The molecule has 5 heteroatoms. The van der Waals surface area contributed by atoms with Gasteiger partial charge in [0.2, 0.25) is 0 Å². The van der Waals surface area contributed by atoms with Crippen molar-refractivity contribution >= 4 is 28.3 Å². The average Bonchev–Trinajstić information content (AvgIpc) is 2.83. The van der Waals surface area contributed by atoms with Crippen LogP contribution in [0.1, 0.15) is 11.1 Å². The molecule has 0 fully saturated rings. The van der Waals surface area contributed by atoms with E-state index >= 15 is 0 Å². The van der Waals surface area contributed by atoms with Gasteiger partial charge >= 0.3 is 0 Å². The van der Waals surface area contributed by atoms with Crippen LogP contribution in [0.5, 0.6) is 11.5 Å². The summed E-state index contributed by atoms with van der Waals surface area (Å²) in [5.74, 6) is 1.30. The van der Waals surface area contributed by atoms with Crippen molar-refractivity contribution in [3.05, 3.63) is 107 Å². The highest BCUT2D eigenvalue weighted by atomic mass is 35.5. The third-order valence-electron chi connectivity index (χ3n) is 5.30. The zero-order valence-electron chi connectivity index (χ0n) is 17.8. The van der Waals surface area contributed by atoms with Crippen LogP contribution in [-0.2, 0) is 17.9 Å². The Labute approximate surface area is 193 Å². The summed E-state index contributed by atoms with van der Waals surface area (Å²) in [4.78, 5) is 15.0. The number of fused-ring (bicyclic) bond motifs is 1. The lowest BCUT2D eigenvalue weighted by Gasteiger charge is -2.24. The van der Waals surface area contributed by atoms with Crippen LogP contribution < -0.4 is 9.47 Å².